The summed E-state index contributed by atoms with van der Waals surface area (Å²) in [5, 5.41) is 4.36. The molecule has 3 amide bonds. The third-order valence-electron chi connectivity index (χ3n) is 4.03. The molecule has 3 aromatic rings. The number of hydrogen-bond donors (Lipinski definition) is 3. The minimum Gasteiger partial charge on any atom is -0.456 e. The quantitative estimate of drug-likeness (QED) is 0.465. The van der Waals surface area contributed by atoms with Crippen LogP contribution in [0, 0.1) is 0 Å². The van der Waals surface area contributed by atoms with Crippen molar-refractivity contribution in [2.45, 2.75) is 12.6 Å². The number of halogens is 4. The van der Waals surface area contributed by atoms with Crippen molar-refractivity contribution >= 4 is 34.9 Å². The summed E-state index contributed by atoms with van der Waals surface area (Å²) in [7, 11) is 0. The predicted molar refractivity (Wildman–Crippen MR) is 113 cm³/mol. The average molecular weight is 465 g/mol. The van der Waals surface area contributed by atoms with Gasteiger partial charge in [0.1, 0.15) is 11.5 Å². The lowest BCUT2D eigenvalue weighted by Gasteiger charge is -2.12. The molecule has 3 rings (SSSR count). The fraction of sp³-hybridized carbons (Fsp3) is 0.0952. The molecule has 0 spiro atoms. The Labute approximate surface area is 185 Å². The Morgan fingerprint density at radius 1 is 0.969 bits per heavy atom. The number of urea groups is 1. The SMILES string of the molecule is NC(=O)Cc1cncc(Oc2ccc(NC(=O)Nc3ccc(Cl)c(C(F)(F)F)c3)cc2)c1. The molecule has 0 unspecified atom stereocenters. The van der Waals surface area contributed by atoms with Crippen molar-refractivity contribution in [2.24, 2.45) is 5.73 Å². The molecule has 0 atom stereocenters. The number of nitrogens with one attached hydrogen (secondary N) is 2. The van der Waals surface area contributed by atoms with Gasteiger partial charge in [0.15, 0.2) is 0 Å². The Balaban J connectivity index is 1.61. The second-order valence-corrected chi connectivity index (χ2v) is 6.98. The maximum absolute atomic E-state index is 12.9. The minimum absolute atomic E-state index is 0.0280. The van der Waals surface area contributed by atoms with E-state index in [2.05, 4.69) is 15.6 Å². The zero-order valence-corrected chi connectivity index (χ0v) is 17.0. The number of nitrogens with two attached hydrogens (primary N) is 1. The minimum atomic E-state index is -4.64. The number of primary amides is 1. The third-order valence-corrected chi connectivity index (χ3v) is 4.36. The molecule has 4 N–H and O–H groups in total. The molecule has 1 heterocycles. The molecule has 0 bridgehead atoms. The van der Waals surface area contributed by atoms with Crippen LogP contribution in [0.15, 0.2) is 60.9 Å². The standard InChI is InChI=1S/C21H16ClF3N4O3/c22-18-6-3-14(9-17(18)21(23,24)25)29-20(31)28-13-1-4-15(5-2-13)32-16-7-12(8-19(26)30)10-27-11-16/h1-7,9-11H,8H2,(H2,26,30)(H2,28,29,31). The zero-order chi connectivity index (χ0) is 23.3. The number of rotatable bonds is 6. The van der Waals surface area contributed by atoms with E-state index < -0.39 is 28.7 Å². The Morgan fingerprint density at radius 3 is 2.28 bits per heavy atom. The number of amides is 3. The highest BCUT2D eigenvalue weighted by atomic mass is 35.5. The summed E-state index contributed by atoms with van der Waals surface area (Å²) in [6.45, 7) is 0. The highest BCUT2D eigenvalue weighted by Crippen LogP contribution is 2.36. The van der Waals surface area contributed by atoms with Gasteiger partial charge in [-0.25, -0.2) is 4.79 Å². The molecular weight excluding hydrogens is 449 g/mol. The number of carbonyl (C=O) groups is 2. The van der Waals surface area contributed by atoms with E-state index in [1.165, 1.54) is 18.5 Å². The summed E-state index contributed by atoms with van der Waals surface area (Å²) < 4.78 is 44.5. The van der Waals surface area contributed by atoms with Crippen LogP contribution in [0.2, 0.25) is 5.02 Å². The molecule has 166 valence electrons. The van der Waals surface area contributed by atoms with Gasteiger partial charge in [-0.3, -0.25) is 9.78 Å². The number of hydrogen-bond acceptors (Lipinski definition) is 4. The van der Waals surface area contributed by atoms with Crippen molar-refractivity contribution in [3.05, 3.63) is 77.1 Å². The van der Waals surface area contributed by atoms with Crippen molar-refractivity contribution in [2.75, 3.05) is 10.6 Å². The van der Waals surface area contributed by atoms with Crippen molar-refractivity contribution in [1.29, 1.82) is 0 Å². The molecule has 7 nitrogen and oxygen atoms in total. The van der Waals surface area contributed by atoms with Crippen LogP contribution in [0.4, 0.5) is 29.3 Å². The molecular formula is C21H16ClF3N4O3. The van der Waals surface area contributed by atoms with Crippen LogP contribution in [0.1, 0.15) is 11.1 Å². The van der Waals surface area contributed by atoms with E-state index in [0.717, 1.165) is 12.1 Å². The number of benzene rings is 2. The molecule has 11 heteroatoms. The van der Waals surface area contributed by atoms with Gasteiger partial charge in [0, 0.05) is 17.6 Å². The highest BCUT2D eigenvalue weighted by molar-refractivity contribution is 6.31. The van der Waals surface area contributed by atoms with Crippen molar-refractivity contribution in [1.82, 2.24) is 4.98 Å². The molecule has 0 fully saturated rings. The number of pyridine rings is 1. The largest absolute Gasteiger partial charge is 0.456 e. The van der Waals surface area contributed by atoms with E-state index in [4.69, 9.17) is 22.1 Å². The molecule has 0 saturated carbocycles. The Hall–Kier alpha value is -3.79. The lowest BCUT2D eigenvalue weighted by atomic mass is 10.2. The first kappa shape index (κ1) is 22.9. The smallest absolute Gasteiger partial charge is 0.417 e. The number of anilines is 2. The summed E-state index contributed by atoms with van der Waals surface area (Å²) in [6.07, 6.45) is -1.65. The lowest BCUT2D eigenvalue weighted by molar-refractivity contribution is -0.137. The van der Waals surface area contributed by atoms with Crippen molar-refractivity contribution in [3.63, 3.8) is 0 Å². The molecule has 2 aromatic carbocycles. The van der Waals surface area contributed by atoms with Gasteiger partial charge in [0.05, 0.1) is 23.2 Å². The fourth-order valence-corrected chi connectivity index (χ4v) is 2.90. The Morgan fingerprint density at radius 2 is 1.62 bits per heavy atom. The van der Waals surface area contributed by atoms with E-state index in [0.29, 0.717) is 22.7 Å². The zero-order valence-electron chi connectivity index (χ0n) is 16.2. The first-order valence-electron chi connectivity index (χ1n) is 9.05. The number of alkyl halides is 3. The monoisotopic (exact) mass is 464 g/mol. The topological polar surface area (TPSA) is 106 Å². The number of ether oxygens (including phenoxy) is 1. The van der Waals surface area contributed by atoms with E-state index >= 15 is 0 Å². The normalized spacial score (nSPS) is 11.0. The van der Waals surface area contributed by atoms with Crippen LogP contribution >= 0.6 is 11.6 Å². The summed E-state index contributed by atoms with van der Waals surface area (Å²) in [6, 6.07) is 10.2. The number of carbonyl (C=O) groups excluding carboxylic acids is 2. The molecule has 0 aliphatic carbocycles. The van der Waals surface area contributed by atoms with Crippen LogP contribution in [0.5, 0.6) is 11.5 Å². The summed E-state index contributed by atoms with van der Waals surface area (Å²) in [5.41, 5.74) is 5.02. The Bertz CT molecular complexity index is 1140. The van der Waals surface area contributed by atoms with E-state index in [1.54, 1.807) is 30.3 Å². The van der Waals surface area contributed by atoms with Gasteiger partial charge in [-0.05, 0) is 54.1 Å². The molecule has 0 radical (unpaired) electrons. The van der Waals surface area contributed by atoms with Gasteiger partial charge in [0.2, 0.25) is 5.91 Å². The Kier molecular flexibility index (Phi) is 6.84. The summed E-state index contributed by atoms with van der Waals surface area (Å²) >= 11 is 5.57. The molecule has 0 saturated heterocycles. The van der Waals surface area contributed by atoms with Gasteiger partial charge < -0.3 is 21.1 Å². The van der Waals surface area contributed by atoms with Crippen LogP contribution in [0.3, 0.4) is 0 Å². The maximum atomic E-state index is 12.9. The van der Waals surface area contributed by atoms with Gasteiger partial charge in [-0.1, -0.05) is 11.6 Å². The van der Waals surface area contributed by atoms with Crippen LogP contribution in [-0.2, 0) is 17.4 Å². The average Bonchev–Trinajstić information content (AvgIpc) is 2.70. The molecule has 0 aliphatic heterocycles. The van der Waals surface area contributed by atoms with Gasteiger partial charge in [-0.15, -0.1) is 0 Å². The van der Waals surface area contributed by atoms with Crippen molar-refractivity contribution in [3.8, 4) is 11.5 Å². The second-order valence-electron chi connectivity index (χ2n) is 6.57. The number of nitrogens with zero attached hydrogens (tertiary/aromatic N) is 1. The van der Waals surface area contributed by atoms with Gasteiger partial charge in [0.25, 0.3) is 0 Å². The second kappa shape index (κ2) is 9.56. The maximum Gasteiger partial charge on any atom is 0.417 e. The van der Waals surface area contributed by atoms with E-state index in [9.17, 15) is 22.8 Å². The van der Waals surface area contributed by atoms with Crippen LogP contribution in [-0.4, -0.2) is 16.9 Å². The predicted octanol–water partition coefficient (Wildman–Crippen LogP) is 5.22. The van der Waals surface area contributed by atoms with Crippen LogP contribution in [0.25, 0.3) is 0 Å². The van der Waals surface area contributed by atoms with E-state index in [1.807, 2.05) is 0 Å². The lowest BCUT2D eigenvalue weighted by Crippen LogP contribution is -2.19. The van der Waals surface area contributed by atoms with Gasteiger partial charge in [-0.2, -0.15) is 13.2 Å². The summed E-state index contributed by atoms with van der Waals surface area (Å²) in [4.78, 5) is 27.1. The molecule has 0 aliphatic rings. The first-order valence-corrected chi connectivity index (χ1v) is 9.43. The van der Waals surface area contributed by atoms with E-state index in [-0.39, 0.29) is 12.1 Å². The van der Waals surface area contributed by atoms with Gasteiger partial charge >= 0.3 is 12.2 Å². The third kappa shape index (κ3) is 6.35. The van der Waals surface area contributed by atoms with Crippen LogP contribution < -0.4 is 21.1 Å². The number of aromatic nitrogens is 1. The van der Waals surface area contributed by atoms with Crippen molar-refractivity contribution < 1.29 is 27.5 Å². The first-order chi connectivity index (χ1) is 15.1. The molecule has 32 heavy (non-hydrogen) atoms. The fourth-order valence-electron chi connectivity index (χ4n) is 2.67. The summed E-state index contributed by atoms with van der Waals surface area (Å²) in [5.74, 6) is 0.331. The highest BCUT2D eigenvalue weighted by Gasteiger charge is 2.33. The molecule has 1 aromatic heterocycles.